The average molecular weight is 399 g/mol. The molecule has 0 saturated carbocycles. The molecule has 1 saturated heterocycles. The fraction of sp³-hybridized carbons (Fsp3) is 0.455. The molecule has 2 aromatic rings. The molecule has 5 nitrogen and oxygen atoms in total. The lowest BCUT2D eigenvalue weighted by Gasteiger charge is -2.43. The third kappa shape index (κ3) is 3.63. The van der Waals surface area contributed by atoms with Crippen LogP contribution in [0.25, 0.3) is 11.1 Å². The Morgan fingerprint density at radius 3 is 2.64 bits per heavy atom. The maximum Gasteiger partial charge on any atom is 0.258 e. The zero-order valence-corrected chi connectivity index (χ0v) is 17.2. The van der Waals surface area contributed by atoms with E-state index in [1.165, 1.54) is 4.90 Å². The zero-order valence-electron chi connectivity index (χ0n) is 16.4. The smallest absolute Gasteiger partial charge is 0.258 e. The van der Waals surface area contributed by atoms with E-state index in [0.29, 0.717) is 32.0 Å². The summed E-state index contributed by atoms with van der Waals surface area (Å²) in [6, 6.07) is 12.2. The van der Waals surface area contributed by atoms with Crippen LogP contribution in [0, 0.1) is 5.92 Å². The van der Waals surface area contributed by atoms with Crippen molar-refractivity contribution in [1.82, 2.24) is 9.47 Å². The molecule has 4 rings (SSSR count). The molecule has 148 valence electrons. The minimum absolute atomic E-state index is 0.0864. The van der Waals surface area contributed by atoms with Crippen molar-refractivity contribution in [3.63, 3.8) is 0 Å². The van der Waals surface area contributed by atoms with Crippen LogP contribution in [0.5, 0.6) is 0 Å². The normalized spacial score (nSPS) is 20.7. The van der Waals surface area contributed by atoms with Crippen LogP contribution in [-0.4, -0.2) is 48.4 Å². The maximum atomic E-state index is 13.2. The molecule has 3 heterocycles. The van der Waals surface area contributed by atoms with Gasteiger partial charge in [0.25, 0.3) is 5.56 Å². The SMILES string of the molecule is COCCC(=O)N1CC2CC(C1)c1ccc(-c3ccc(SC)cc3)c(=O)n1C2. The van der Waals surface area contributed by atoms with Crippen LogP contribution in [0.1, 0.15) is 24.5 Å². The fourth-order valence-corrected chi connectivity index (χ4v) is 4.90. The number of likely N-dealkylation sites (tertiary alicyclic amines) is 1. The Balaban J connectivity index is 1.61. The second-order valence-corrected chi connectivity index (χ2v) is 8.54. The van der Waals surface area contributed by atoms with Crippen molar-refractivity contribution in [1.29, 1.82) is 0 Å². The zero-order chi connectivity index (χ0) is 19.7. The largest absolute Gasteiger partial charge is 0.384 e. The van der Waals surface area contributed by atoms with Crippen LogP contribution in [0.15, 0.2) is 46.1 Å². The van der Waals surface area contributed by atoms with Gasteiger partial charge >= 0.3 is 0 Å². The number of aromatic nitrogens is 1. The second-order valence-electron chi connectivity index (χ2n) is 7.66. The summed E-state index contributed by atoms with van der Waals surface area (Å²) in [5, 5.41) is 0. The summed E-state index contributed by atoms with van der Waals surface area (Å²) < 4.78 is 7.00. The van der Waals surface area contributed by atoms with Gasteiger partial charge in [-0.1, -0.05) is 12.1 Å². The molecular formula is C22H26N2O3S. The number of rotatable bonds is 5. The summed E-state index contributed by atoms with van der Waals surface area (Å²) in [5.41, 5.74) is 2.87. The first-order valence-electron chi connectivity index (χ1n) is 9.75. The van der Waals surface area contributed by atoms with Gasteiger partial charge in [-0.2, -0.15) is 0 Å². The molecule has 1 aromatic heterocycles. The molecule has 0 aliphatic carbocycles. The van der Waals surface area contributed by atoms with E-state index in [1.807, 2.05) is 33.9 Å². The number of piperidine rings is 1. The summed E-state index contributed by atoms with van der Waals surface area (Å²) in [6.45, 7) is 2.58. The van der Waals surface area contributed by atoms with Crippen LogP contribution in [-0.2, 0) is 16.1 Å². The molecule has 1 aromatic carbocycles. The highest BCUT2D eigenvalue weighted by Crippen LogP contribution is 2.36. The summed E-state index contributed by atoms with van der Waals surface area (Å²) in [5.74, 6) is 0.724. The van der Waals surface area contributed by atoms with Crippen LogP contribution in [0.4, 0.5) is 0 Å². The number of thioether (sulfide) groups is 1. The Labute approximate surface area is 169 Å². The lowest BCUT2D eigenvalue weighted by atomic mass is 9.82. The van der Waals surface area contributed by atoms with Crippen molar-refractivity contribution in [2.24, 2.45) is 5.92 Å². The van der Waals surface area contributed by atoms with Gasteiger partial charge in [-0.25, -0.2) is 0 Å². The molecular weight excluding hydrogens is 372 g/mol. The summed E-state index contributed by atoms with van der Waals surface area (Å²) in [6.07, 6.45) is 3.52. The Morgan fingerprint density at radius 2 is 1.93 bits per heavy atom. The molecule has 0 N–H and O–H groups in total. The van der Waals surface area contributed by atoms with E-state index in [-0.39, 0.29) is 17.4 Å². The van der Waals surface area contributed by atoms with Gasteiger partial charge in [-0.15, -0.1) is 11.8 Å². The Morgan fingerprint density at radius 1 is 1.14 bits per heavy atom. The predicted molar refractivity (Wildman–Crippen MR) is 112 cm³/mol. The Hall–Kier alpha value is -2.05. The van der Waals surface area contributed by atoms with Gasteiger partial charge in [0.2, 0.25) is 5.91 Å². The summed E-state index contributed by atoms with van der Waals surface area (Å²) in [4.78, 5) is 28.8. The van der Waals surface area contributed by atoms with Gasteiger partial charge < -0.3 is 14.2 Å². The maximum absolute atomic E-state index is 13.2. The van der Waals surface area contributed by atoms with Crippen LogP contribution >= 0.6 is 11.8 Å². The van der Waals surface area contributed by atoms with E-state index in [4.69, 9.17) is 4.74 Å². The molecule has 2 aliphatic rings. The van der Waals surface area contributed by atoms with E-state index >= 15 is 0 Å². The highest BCUT2D eigenvalue weighted by atomic mass is 32.2. The van der Waals surface area contributed by atoms with Crippen LogP contribution in [0.3, 0.4) is 0 Å². The second kappa shape index (κ2) is 8.13. The fourth-order valence-electron chi connectivity index (χ4n) is 4.49. The van der Waals surface area contributed by atoms with Crippen molar-refractivity contribution in [3.8, 4) is 11.1 Å². The van der Waals surface area contributed by atoms with Gasteiger partial charge in [-0.3, -0.25) is 9.59 Å². The standard InChI is InChI=1S/C22H26N2O3S/c1-27-10-9-21(25)23-12-15-11-17(14-23)20-8-7-19(22(26)24(20)13-15)16-3-5-18(28-2)6-4-16/h3-8,15,17H,9-14H2,1-2H3. The number of carbonyl (C=O) groups is 1. The van der Waals surface area contributed by atoms with Crippen molar-refractivity contribution in [3.05, 3.63) is 52.4 Å². The van der Waals surface area contributed by atoms with E-state index in [9.17, 15) is 9.59 Å². The quantitative estimate of drug-likeness (QED) is 0.726. The number of methoxy groups -OCH3 is 1. The molecule has 28 heavy (non-hydrogen) atoms. The highest BCUT2D eigenvalue weighted by Gasteiger charge is 2.36. The lowest BCUT2D eigenvalue weighted by molar-refractivity contribution is -0.134. The molecule has 0 spiro atoms. The molecule has 0 radical (unpaired) electrons. The number of benzene rings is 1. The molecule has 6 heteroatoms. The van der Waals surface area contributed by atoms with E-state index in [2.05, 4.69) is 18.2 Å². The van der Waals surface area contributed by atoms with Gasteiger partial charge in [0.15, 0.2) is 0 Å². The number of carbonyl (C=O) groups excluding carboxylic acids is 1. The number of hydrogen-bond acceptors (Lipinski definition) is 4. The first kappa shape index (κ1) is 19.3. The van der Waals surface area contributed by atoms with Crippen molar-refractivity contribution in [2.75, 3.05) is 33.1 Å². The molecule has 2 bridgehead atoms. The monoisotopic (exact) mass is 398 g/mol. The third-order valence-electron chi connectivity index (χ3n) is 5.88. The minimum atomic E-state index is 0.0864. The Bertz CT molecular complexity index is 922. The van der Waals surface area contributed by atoms with Gasteiger partial charge in [0.1, 0.15) is 0 Å². The van der Waals surface area contributed by atoms with E-state index in [0.717, 1.165) is 29.8 Å². The molecule has 1 amide bonds. The van der Waals surface area contributed by atoms with Crippen molar-refractivity contribution >= 4 is 17.7 Å². The van der Waals surface area contributed by atoms with E-state index in [1.54, 1.807) is 18.9 Å². The molecule has 2 aliphatic heterocycles. The number of pyridine rings is 1. The van der Waals surface area contributed by atoms with Crippen LogP contribution < -0.4 is 5.56 Å². The summed E-state index contributed by atoms with van der Waals surface area (Å²) in [7, 11) is 1.62. The highest BCUT2D eigenvalue weighted by molar-refractivity contribution is 7.98. The minimum Gasteiger partial charge on any atom is -0.384 e. The van der Waals surface area contributed by atoms with Crippen molar-refractivity contribution in [2.45, 2.75) is 30.2 Å². The predicted octanol–water partition coefficient (Wildman–Crippen LogP) is 3.22. The Kier molecular flexibility index (Phi) is 5.60. The van der Waals surface area contributed by atoms with E-state index < -0.39 is 0 Å². The number of hydrogen-bond donors (Lipinski definition) is 0. The number of ether oxygens (including phenoxy) is 1. The van der Waals surface area contributed by atoms with Gasteiger partial charge in [0.05, 0.1) is 13.0 Å². The number of amides is 1. The van der Waals surface area contributed by atoms with Gasteiger partial charge in [-0.05, 0) is 48.4 Å². The summed E-state index contributed by atoms with van der Waals surface area (Å²) >= 11 is 1.69. The molecule has 2 unspecified atom stereocenters. The molecule has 1 fully saturated rings. The topological polar surface area (TPSA) is 51.5 Å². The first-order chi connectivity index (χ1) is 13.6. The van der Waals surface area contributed by atoms with Gasteiger partial charge in [0, 0.05) is 48.8 Å². The van der Waals surface area contributed by atoms with Crippen molar-refractivity contribution < 1.29 is 9.53 Å². The lowest BCUT2D eigenvalue weighted by Crippen LogP contribution is -2.49. The number of nitrogens with zero attached hydrogens (tertiary/aromatic N) is 2. The third-order valence-corrected chi connectivity index (χ3v) is 6.62. The van der Waals surface area contributed by atoms with Crippen LogP contribution in [0.2, 0.25) is 0 Å². The first-order valence-corrected chi connectivity index (χ1v) is 11.0. The number of fused-ring (bicyclic) bond motifs is 4. The average Bonchev–Trinajstić information content (AvgIpc) is 2.73. The molecule has 2 atom stereocenters.